The summed E-state index contributed by atoms with van der Waals surface area (Å²) in [6.45, 7) is 3.04. The number of fused-ring (bicyclic) bond motifs is 1. The van der Waals surface area contributed by atoms with Crippen LogP contribution in [0.15, 0.2) is 41.9 Å². The maximum Gasteiger partial charge on any atom is 0.227 e. The van der Waals surface area contributed by atoms with Crippen molar-refractivity contribution >= 4 is 17.2 Å². The van der Waals surface area contributed by atoms with Gasteiger partial charge in [-0.3, -0.25) is 9.78 Å². The highest BCUT2D eigenvalue weighted by Crippen LogP contribution is 2.49. The maximum atomic E-state index is 12.7. The third-order valence-electron chi connectivity index (χ3n) is 5.66. The number of carbonyl (C=O) groups is 1. The van der Waals surface area contributed by atoms with Gasteiger partial charge >= 0.3 is 0 Å². The van der Waals surface area contributed by atoms with E-state index in [1.807, 2.05) is 35.7 Å². The summed E-state index contributed by atoms with van der Waals surface area (Å²) in [7, 11) is 0. The molecule has 0 N–H and O–H groups in total. The van der Waals surface area contributed by atoms with Crippen LogP contribution >= 0.6 is 11.3 Å². The number of hydrogen-bond acceptors (Lipinski definition) is 4. The highest BCUT2D eigenvalue weighted by atomic mass is 32.1. The topological polar surface area (TPSA) is 42.4 Å². The quantitative estimate of drug-likeness (QED) is 0.795. The predicted molar refractivity (Wildman–Crippen MR) is 98.3 cm³/mol. The molecule has 0 unspecified atom stereocenters. The molecule has 2 aliphatic rings. The molecule has 0 bridgehead atoms. The van der Waals surface area contributed by atoms with E-state index >= 15 is 0 Å². The number of amides is 1. The average molecular weight is 356 g/mol. The SMILES string of the molecule is O=C(Cc1cccs1)N1C[C@@H]2CCC[C@]2(COCc2ccccn2)C1. The van der Waals surface area contributed by atoms with E-state index in [4.69, 9.17) is 4.74 Å². The van der Waals surface area contributed by atoms with Gasteiger partial charge in [-0.2, -0.15) is 0 Å². The van der Waals surface area contributed by atoms with E-state index in [2.05, 4.69) is 9.88 Å². The van der Waals surface area contributed by atoms with Gasteiger partial charge in [-0.1, -0.05) is 18.6 Å². The Morgan fingerprint density at radius 1 is 1.36 bits per heavy atom. The van der Waals surface area contributed by atoms with Crippen molar-refractivity contribution in [2.24, 2.45) is 11.3 Å². The van der Waals surface area contributed by atoms with Crippen molar-refractivity contribution < 1.29 is 9.53 Å². The fraction of sp³-hybridized carbons (Fsp3) is 0.500. The predicted octanol–water partition coefficient (Wildman–Crippen LogP) is 3.53. The van der Waals surface area contributed by atoms with Gasteiger partial charge in [0, 0.05) is 29.6 Å². The number of rotatable bonds is 6. The molecule has 1 saturated heterocycles. The van der Waals surface area contributed by atoms with Crippen LogP contribution in [0.2, 0.25) is 0 Å². The smallest absolute Gasteiger partial charge is 0.227 e. The van der Waals surface area contributed by atoms with E-state index in [0.29, 0.717) is 18.9 Å². The number of thiophene rings is 1. The zero-order valence-electron chi connectivity index (χ0n) is 14.4. The molecule has 25 heavy (non-hydrogen) atoms. The van der Waals surface area contributed by atoms with E-state index < -0.39 is 0 Å². The van der Waals surface area contributed by atoms with Crippen LogP contribution in [0, 0.1) is 11.3 Å². The monoisotopic (exact) mass is 356 g/mol. The molecule has 0 spiro atoms. The van der Waals surface area contributed by atoms with Gasteiger partial charge in [-0.05, 0) is 42.3 Å². The lowest BCUT2D eigenvalue weighted by Crippen LogP contribution is -2.35. The first-order valence-corrected chi connectivity index (χ1v) is 9.91. The number of carbonyl (C=O) groups excluding carboxylic acids is 1. The van der Waals surface area contributed by atoms with Crippen molar-refractivity contribution in [1.29, 1.82) is 0 Å². The summed E-state index contributed by atoms with van der Waals surface area (Å²) in [6.07, 6.45) is 5.98. The van der Waals surface area contributed by atoms with E-state index in [-0.39, 0.29) is 11.3 Å². The Balaban J connectivity index is 1.36. The first kappa shape index (κ1) is 16.7. The molecule has 132 valence electrons. The van der Waals surface area contributed by atoms with Crippen molar-refractivity contribution in [1.82, 2.24) is 9.88 Å². The summed E-state index contributed by atoms with van der Waals surface area (Å²) in [5.41, 5.74) is 1.12. The molecule has 2 fully saturated rings. The summed E-state index contributed by atoms with van der Waals surface area (Å²) in [6, 6.07) is 9.96. The summed E-state index contributed by atoms with van der Waals surface area (Å²) in [5, 5.41) is 2.04. The summed E-state index contributed by atoms with van der Waals surface area (Å²) < 4.78 is 6.04. The lowest BCUT2D eigenvalue weighted by Gasteiger charge is -2.28. The fourth-order valence-electron chi connectivity index (χ4n) is 4.36. The van der Waals surface area contributed by atoms with Gasteiger partial charge in [0.05, 0.1) is 25.3 Å². The van der Waals surface area contributed by atoms with Crippen molar-refractivity contribution in [3.05, 3.63) is 52.5 Å². The van der Waals surface area contributed by atoms with Crippen LogP contribution in [0.4, 0.5) is 0 Å². The number of pyridine rings is 1. The van der Waals surface area contributed by atoms with Crippen LogP contribution in [0.3, 0.4) is 0 Å². The molecule has 0 radical (unpaired) electrons. The third kappa shape index (κ3) is 3.62. The molecule has 2 aromatic heterocycles. The molecule has 2 aromatic rings. The molecule has 1 amide bonds. The van der Waals surface area contributed by atoms with Gasteiger partial charge in [0.25, 0.3) is 0 Å². The molecule has 0 aromatic carbocycles. The van der Waals surface area contributed by atoms with E-state index in [0.717, 1.165) is 30.3 Å². The second kappa shape index (κ2) is 7.26. The van der Waals surface area contributed by atoms with Crippen LogP contribution in [0.25, 0.3) is 0 Å². The molecular weight excluding hydrogens is 332 g/mol. The number of hydrogen-bond donors (Lipinski definition) is 0. The minimum absolute atomic E-state index is 0.153. The third-order valence-corrected chi connectivity index (χ3v) is 6.54. The lowest BCUT2D eigenvalue weighted by molar-refractivity contribution is -0.130. The van der Waals surface area contributed by atoms with Crippen molar-refractivity contribution in [3.63, 3.8) is 0 Å². The Morgan fingerprint density at radius 2 is 2.32 bits per heavy atom. The molecule has 4 nitrogen and oxygen atoms in total. The molecule has 5 heteroatoms. The molecule has 1 aliphatic heterocycles. The molecule has 2 atom stereocenters. The Kier molecular flexibility index (Phi) is 4.86. The molecule has 1 aliphatic carbocycles. The van der Waals surface area contributed by atoms with Crippen LogP contribution in [-0.4, -0.2) is 35.5 Å². The minimum atomic E-state index is 0.153. The van der Waals surface area contributed by atoms with Crippen molar-refractivity contribution in [2.45, 2.75) is 32.3 Å². The van der Waals surface area contributed by atoms with Gasteiger partial charge in [0.1, 0.15) is 0 Å². The highest BCUT2D eigenvalue weighted by molar-refractivity contribution is 7.10. The highest BCUT2D eigenvalue weighted by Gasteiger charge is 2.50. The number of likely N-dealkylation sites (tertiary alicyclic amines) is 1. The second-order valence-corrected chi connectivity index (χ2v) is 8.33. The summed E-state index contributed by atoms with van der Waals surface area (Å²) in [5.74, 6) is 0.851. The van der Waals surface area contributed by atoms with Gasteiger partial charge in [0.2, 0.25) is 5.91 Å². The van der Waals surface area contributed by atoms with Gasteiger partial charge in [0.15, 0.2) is 0 Å². The first-order valence-electron chi connectivity index (χ1n) is 9.03. The van der Waals surface area contributed by atoms with Crippen LogP contribution in [0.1, 0.15) is 29.8 Å². The van der Waals surface area contributed by atoms with E-state index in [1.54, 1.807) is 17.5 Å². The average Bonchev–Trinajstić information content (AvgIpc) is 3.31. The zero-order chi connectivity index (χ0) is 17.1. The number of nitrogens with zero attached hydrogens (tertiary/aromatic N) is 2. The Hall–Kier alpha value is -1.72. The molecule has 4 rings (SSSR count). The zero-order valence-corrected chi connectivity index (χ0v) is 15.2. The van der Waals surface area contributed by atoms with Crippen molar-refractivity contribution in [2.75, 3.05) is 19.7 Å². The van der Waals surface area contributed by atoms with Crippen LogP contribution < -0.4 is 0 Å². The van der Waals surface area contributed by atoms with Crippen molar-refractivity contribution in [3.8, 4) is 0 Å². The van der Waals surface area contributed by atoms with Gasteiger partial charge in [-0.15, -0.1) is 11.3 Å². The minimum Gasteiger partial charge on any atom is -0.375 e. The Labute approximate surface area is 152 Å². The largest absolute Gasteiger partial charge is 0.375 e. The van der Waals surface area contributed by atoms with E-state index in [1.165, 1.54) is 19.3 Å². The maximum absolute atomic E-state index is 12.7. The lowest BCUT2D eigenvalue weighted by atomic mass is 9.81. The van der Waals surface area contributed by atoms with Gasteiger partial charge in [-0.25, -0.2) is 0 Å². The van der Waals surface area contributed by atoms with Crippen LogP contribution in [-0.2, 0) is 22.6 Å². The normalized spacial score (nSPS) is 25.3. The Morgan fingerprint density at radius 3 is 3.12 bits per heavy atom. The fourth-order valence-corrected chi connectivity index (χ4v) is 5.05. The molecule has 3 heterocycles. The number of aromatic nitrogens is 1. The van der Waals surface area contributed by atoms with Crippen LogP contribution in [0.5, 0.6) is 0 Å². The standard InChI is InChI=1S/C20H24N2O2S/c23-19(11-18-7-4-10-25-18)22-12-16-5-3-8-20(16,14-22)15-24-13-17-6-1-2-9-21-17/h1-2,4,6-7,9-10,16H,3,5,8,11-15H2/t16-,20+/m0/s1. The summed E-state index contributed by atoms with van der Waals surface area (Å²) >= 11 is 1.66. The summed E-state index contributed by atoms with van der Waals surface area (Å²) in [4.78, 5) is 20.2. The molecular formula is C20H24N2O2S. The Bertz CT molecular complexity index is 704. The second-order valence-electron chi connectivity index (χ2n) is 7.30. The first-order chi connectivity index (χ1) is 12.3. The number of ether oxygens (including phenoxy) is 1. The molecule has 1 saturated carbocycles. The van der Waals surface area contributed by atoms with E-state index in [9.17, 15) is 4.79 Å². The van der Waals surface area contributed by atoms with Gasteiger partial charge < -0.3 is 9.64 Å².